The van der Waals surface area contributed by atoms with Gasteiger partial charge in [-0.2, -0.15) is 0 Å². The van der Waals surface area contributed by atoms with E-state index in [1.54, 1.807) is 0 Å². The van der Waals surface area contributed by atoms with Crippen LogP contribution in [0.4, 0.5) is 0 Å². The highest BCUT2D eigenvalue weighted by Gasteiger charge is 2.15. The number of hydrogen-bond donors (Lipinski definition) is 1. The molecule has 2 heteroatoms. The van der Waals surface area contributed by atoms with Gasteiger partial charge in [0, 0.05) is 6.04 Å². The van der Waals surface area contributed by atoms with Crippen LogP contribution in [-0.2, 0) is 0 Å². The molecule has 0 radical (unpaired) electrons. The van der Waals surface area contributed by atoms with Crippen LogP contribution in [0.2, 0.25) is 0 Å². The molecule has 0 saturated carbocycles. The monoisotopic (exact) mass is 249 g/mol. The van der Waals surface area contributed by atoms with E-state index in [2.05, 4.69) is 51.2 Å². The maximum absolute atomic E-state index is 5.56. The Morgan fingerprint density at radius 3 is 2.50 bits per heavy atom. The summed E-state index contributed by atoms with van der Waals surface area (Å²) >= 11 is 0. The maximum Gasteiger partial charge on any atom is 0.119 e. The summed E-state index contributed by atoms with van der Waals surface area (Å²) in [6, 6.07) is 9.02. The number of benzene rings is 1. The summed E-state index contributed by atoms with van der Waals surface area (Å²) in [5, 5.41) is 3.50. The highest BCUT2D eigenvalue weighted by molar-refractivity contribution is 5.30. The van der Waals surface area contributed by atoms with Crippen molar-refractivity contribution in [1.82, 2.24) is 5.32 Å². The van der Waals surface area contributed by atoms with Gasteiger partial charge in [0.1, 0.15) is 5.75 Å². The summed E-state index contributed by atoms with van der Waals surface area (Å²) in [4.78, 5) is 0. The predicted octanol–water partition coefficient (Wildman–Crippen LogP) is 3.82. The van der Waals surface area contributed by atoms with E-state index in [-0.39, 0.29) is 0 Å². The molecule has 2 nitrogen and oxygen atoms in total. The summed E-state index contributed by atoms with van der Waals surface area (Å²) in [7, 11) is 0. The standard InChI is InChI=1S/C16H27NO/c1-6-18-16-9-7-8-15(10-16)14(5)13(4)11-17-12(2)3/h7-10,12-14,17H,6,11H2,1-5H3. The molecule has 0 saturated heterocycles. The van der Waals surface area contributed by atoms with Crippen molar-refractivity contribution in [2.75, 3.05) is 13.2 Å². The van der Waals surface area contributed by atoms with Crippen LogP contribution in [-0.4, -0.2) is 19.2 Å². The van der Waals surface area contributed by atoms with Crippen molar-refractivity contribution in [3.63, 3.8) is 0 Å². The molecule has 0 heterocycles. The zero-order valence-electron chi connectivity index (χ0n) is 12.4. The van der Waals surface area contributed by atoms with E-state index >= 15 is 0 Å². The Labute approximate surface area is 112 Å². The molecule has 0 amide bonds. The maximum atomic E-state index is 5.56. The molecular weight excluding hydrogens is 222 g/mol. The minimum atomic E-state index is 0.539. The first-order chi connectivity index (χ1) is 8.54. The number of hydrogen-bond acceptors (Lipinski definition) is 2. The second-order valence-electron chi connectivity index (χ2n) is 5.33. The fraction of sp³-hybridized carbons (Fsp3) is 0.625. The summed E-state index contributed by atoms with van der Waals surface area (Å²) < 4.78 is 5.56. The van der Waals surface area contributed by atoms with Crippen molar-refractivity contribution in [3.05, 3.63) is 29.8 Å². The first kappa shape index (κ1) is 15.0. The van der Waals surface area contributed by atoms with Gasteiger partial charge in [-0.05, 0) is 43.0 Å². The lowest BCUT2D eigenvalue weighted by Gasteiger charge is -2.22. The van der Waals surface area contributed by atoms with Crippen molar-refractivity contribution >= 4 is 0 Å². The normalized spacial score (nSPS) is 14.6. The summed E-state index contributed by atoms with van der Waals surface area (Å²) in [6.45, 7) is 12.8. The molecule has 0 bridgehead atoms. The number of ether oxygens (including phenoxy) is 1. The van der Waals surface area contributed by atoms with E-state index < -0.39 is 0 Å². The SMILES string of the molecule is CCOc1cccc(C(C)C(C)CNC(C)C)c1. The Morgan fingerprint density at radius 2 is 1.89 bits per heavy atom. The molecule has 102 valence electrons. The van der Waals surface area contributed by atoms with Gasteiger partial charge in [0.2, 0.25) is 0 Å². The molecule has 0 fully saturated rings. The van der Waals surface area contributed by atoms with Crippen LogP contribution >= 0.6 is 0 Å². The lowest BCUT2D eigenvalue weighted by molar-refractivity contribution is 0.339. The van der Waals surface area contributed by atoms with Crippen LogP contribution < -0.4 is 10.1 Å². The van der Waals surface area contributed by atoms with Gasteiger partial charge in [-0.15, -0.1) is 0 Å². The van der Waals surface area contributed by atoms with Crippen LogP contribution in [0.25, 0.3) is 0 Å². The summed E-state index contributed by atoms with van der Waals surface area (Å²) in [6.07, 6.45) is 0. The van der Waals surface area contributed by atoms with E-state index in [0.717, 1.165) is 18.9 Å². The van der Waals surface area contributed by atoms with Gasteiger partial charge in [-0.25, -0.2) is 0 Å². The zero-order valence-corrected chi connectivity index (χ0v) is 12.4. The third-order valence-corrected chi connectivity index (χ3v) is 3.40. The van der Waals surface area contributed by atoms with E-state index in [9.17, 15) is 0 Å². The van der Waals surface area contributed by atoms with Gasteiger partial charge in [0.15, 0.2) is 0 Å². The second kappa shape index (κ2) is 7.42. The fourth-order valence-corrected chi connectivity index (χ4v) is 1.98. The van der Waals surface area contributed by atoms with Crippen LogP contribution in [0, 0.1) is 5.92 Å². The Balaban J connectivity index is 2.64. The average molecular weight is 249 g/mol. The molecule has 0 aliphatic carbocycles. The van der Waals surface area contributed by atoms with Crippen LogP contribution in [0.3, 0.4) is 0 Å². The molecule has 18 heavy (non-hydrogen) atoms. The predicted molar refractivity (Wildman–Crippen MR) is 78.3 cm³/mol. The second-order valence-corrected chi connectivity index (χ2v) is 5.33. The zero-order chi connectivity index (χ0) is 13.5. The molecule has 0 aromatic heterocycles. The Kier molecular flexibility index (Phi) is 6.20. The molecular formula is C16H27NO. The van der Waals surface area contributed by atoms with Gasteiger partial charge in [-0.1, -0.05) is 39.8 Å². The van der Waals surface area contributed by atoms with Gasteiger partial charge in [0.25, 0.3) is 0 Å². The quantitative estimate of drug-likeness (QED) is 0.793. The number of rotatable bonds is 7. The van der Waals surface area contributed by atoms with Crippen LogP contribution in [0.15, 0.2) is 24.3 Å². The largest absolute Gasteiger partial charge is 0.494 e. The lowest BCUT2D eigenvalue weighted by Crippen LogP contribution is -2.29. The Morgan fingerprint density at radius 1 is 1.17 bits per heavy atom. The third-order valence-electron chi connectivity index (χ3n) is 3.40. The van der Waals surface area contributed by atoms with Crippen molar-refractivity contribution in [3.8, 4) is 5.75 Å². The van der Waals surface area contributed by atoms with E-state index in [1.807, 2.05) is 13.0 Å². The molecule has 2 unspecified atom stereocenters. The molecule has 1 N–H and O–H groups in total. The minimum absolute atomic E-state index is 0.539. The van der Waals surface area contributed by atoms with Gasteiger partial charge >= 0.3 is 0 Å². The molecule has 0 spiro atoms. The molecule has 0 aliphatic rings. The lowest BCUT2D eigenvalue weighted by atomic mass is 9.88. The van der Waals surface area contributed by atoms with Crippen LogP contribution in [0.5, 0.6) is 5.75 Å². The smallest absolute Gasteiger partial charge is 0.119 e. The first-order valence-electron chi connectivity index (χ1n) is 7.00. The molecule has 2 atom stereocenters. The molecule has 1 aromatic rings. The van der Waals surface area contributed by atoms with Gasteiger partial charge < -0.3 is 10.1 Å². The third kappa shape index (κ3) is 4.69. The molecule has 1 aromatic carbocycles. The van der Waals surface area contributed by atoms with E-state index in [0.29, 0.717) is 17.9 Å². The van der Waals surface area contributed by atoms with Crippen molar-refractivity contribution in [1.29, 1.82) is 0 Å². The highest BCUT2D eigenvalue weighted by atomic mass is 16.5. The van der Waals surface area contributed by atoms with Crippen molar-refractivity contribution in [2.24, 2.45) is 5.92 Å². The van der Waals surface area contributed by atoms with Crippen molar-refractivity contribution < 1.29 is 4.74 Å². The molecule has 0 aliphatic heterocycles. The topological polar surface area (TPSA) is 21.3 Å². The highest BCUT2D eigenvalue weighted by Crippen LogP contribution is 2.26. The van der Waals surface area contributed by atoms with Gasteiger partial charge in [0.05, 0.1) is 6.61 Å². The molecule has 1 rings (SSSR count). The summed E-state index contributed by atoms with van der Waals surface area (Å²) in [5.41, 5.74) is 1.36. The van der Waals surface area contributed by atoms with Gasteiger partial charge in [-0.3, -0.25) is 0 Å². The minimum Gasteiger partial charge on any atom is -0.494 e. The Bertz CT molecular complexity index is 349. The van der Waals surface area contributed by atoms with E-state index in [4.69, 9.17) is 4.74 Å². The van der Waals surface area contributed by atoms with E-state index in [1.165, 1.54) is 5.56 Å². The Hall–Kier alpha value is -1.02. The fourth-order valence-electron chi connectivity index (χ4n) is 1.98. The summed E-state index contributed by atoms with van der Waals surface area (Å²) in [5.74, 6) is 2.13. The van der Waals surface area contributed by atoms with Crippen LogP contribution in [0.1, 0.15) is 46.1 Å². The average Bonchev–Trinajstić information content (AvgIpc) is 2.35. The number of nitrogens with one attached hydrogen (secondary N) is 1. The van der Waals surface area contributed by atoms with Crippen molar-refractivity contribution in [2.45, 2.75) is 46.6 Å². The first-order valence-corrected chi connectivity index (χ1v) is 7.00.